The molecule has 1 saturated heterocycles. The summed E-state index contributed by atoms with van der Waals surface area (Å²) < 4.78 is 0. The molecule has 4 rings (SSSR count). The summed E-state index contributed by atoms with van der Waals surface area (Å²) in [4.78, 5) is 19.5. The predicted octanol–water partition coefficient (Wildman–Crippen LogP) is 4.71. The minimum Gasteiger partial charge on any atom is -0.348 e. The van der Waals surface area contributed by atoms with Crippen molar-refractivity contribution < 1.29 is 4.79 Å². The number of thioether (sulfide) groups is 1. The van der Waals surface area contributed by atoms with Gasteiger partial charge in [0.1, 0.15) is 0 Å². The fourth-order valence-electron chi connectivity index (χ4n) is 2.97. The maximum absolute atomic E-state index is 12.4. The number of rotatable bonds is 3. The van der Waals surface area contributed by atoms with E-state index in [2.05, 4.69) is 10.2 Å². The summed E-state index contributed by atoms with van der Waals surface area (Å²) in [6, 6.07) is 12.4. The first-order valence-corrected chi connectivity index (χ1v) is 9.65. The molecule has 1 N–H and O–H groups in total. The number of hydrogen-bond acceptors (Lipinski definition) is 4. The average molecular weight is 392 g/mol. The van der Waals surface area contributed by atoms with E-state index in [1.807, 2.05) is 12.1 Å². The van der Waals surface area contributed by atoms with Gasteiger partial charge in [0, 0.05) is 40.1 Å². The SMILES string of the molecule is O=C(Nc1cc(Cl)cc(C2CN3CCSC3=N2)c1)c1ccc(Cl)cc1. The molecule has 1 fully saturated rings. The van der Waals surface area contributed by atoms with E-state index >= 15 is 0 Å². The number of fused-ring (bicyclic) bond motifs is 1. The second kappa shape index (κ2) is 6.90. The van der Waals surface area contributed by atoms with Crippen molar-refractivity contribution in [2.24, 2.45) is 4.99 Å². The highest BCUT2D eigenvalue weighted by molar-refractivity contribution is 8.14. The van der Waals surface area contributed by atoms with Crippen molar-refractivity contribution in [2.75, 3.05) is 24.2 Å². The largest absolute Gasteiger partial charge is 0.348 e. The molecule has 2 heterocycles. The highest BCUT2D eigenvalue weighted by Crippen LogP contribution is 2.34. The normalized spacial score (nSPS) is 18.9. The fraction of sp³-hybridized carbons (Fsp3) is 0.222. The Morgan fingerprint density at radius 2 is 1.96 bits per heavy atom. The second-order valence-corrected chi connectivity index (χ2v) is 7.89. The van der Waals surface area contributed by atoms with Crippen LogP contribution in [0.15, 0.2) is 47.5 Å². The van der Waals surface area contributed by atoms with Crippen molar-refractivity contribution in [3.05, 3.63) is 63.6 Å². The Hall–Kier alpha value is -1.69. The molecule has 0 radical (unpaired) electrons. The number of halogens is 2. The number of amidine groups is 1. The van der Waals surface area contributed by atoms with E-state index in [1.54, 1.807) is 42.1 Å². The number of carbonyl (C=O) groups is 1. The average Bonchev–Trinajstić information content (AvgIpc) is 3.16. The molecule has 1 atom stereocenters. The summed E-state index contributed by atoms with van der Waals surface area (Å²) in [6.45, 7) is 1.91. The topological polar surface area (TPSA) is 44.7 Å². The molecule has 2 aromatic carbocycles. The predicted molar refractivity (Wildman–Crippen MR) is 105 cm³/mol. The number of aliphatic imine (C=N–C) groups is 1. The minimum atomic E-state index is -0.196. The lowest BCUT2D eigenvalue weighted by Crippen LogP contribution is -2.21. The van der Waals surface area contributed by atoms with Crippen LogP contribution in [-0.2, 0) is 0 Å². The van der Waals surface area contributed by atoms with Crippen molar-refractivity contribution in [1.29, 1.82) is 0 Å². The maximum atomic E-state index is 12.4. The quantitative estimate of drug-likeness (QED) is 0.823. The van der Waals surface area contributed by atoms with Gasteiger partial charge in [-0.05, 0) is 48.0 Å². The van der Waals surface area contributed by atoms with Gasteiger partial charge in [0.25, 0.3) is 5.91 Å². The molecule has 7 heteroatoms. The van der Waals surface area contributed by atoms with Crippen LogP contribution in [0.4, 0.5) is 5.69 Å². The van der Waals surface area contributed by atoms with Crippen molar-refractivity contribution in [3.63, 3.8) is 0 Å². The molecule has 2 aromatic rings. The Morgan fingerprint density at radius 1 is 1.16 bits per heavy atom. The summed E-state index contributed by atoms with van der Waals surface area (Å²) in [7, 11) is 0. The van der Waals surface area contributed by atoms with Gasteiger partial charge in [-0.1, -0.05) is 35.0 Å². The fourth-order valence-corrected chi connectivity index (χ4v) is 4.38. The first kappa shape index (κ1) is 16.8. The van der Waals surface area contributed by atoms with Crippen molar-refractivity contribution >= 4 is 51.7 Å². The van der Waals surface area contributed by atoms with E-state index in [0.717, 1.165) is 29.6 Å². The Labute approximate surface area is 160 Å². The van der Waals surface area contributed by atoms with Crippen LogP contribution in [0, 0.1) is 0 Å². The number of amides is 1. The van der Waals surface area contributed by atoms with E-state index < -0.39 is 0 Å². The van der Waals surface area contributed by atoms with Crippen LogP contribution >= 0.6 is 35.0 Å². The van der Waals surface area contributed by atoms with E-state index in [9.17, 15) is 4.79 Å². The summed E-state index contributed by atoms with van der Waals surface area (Å²) in [5, 5.41) is 5.19. The first-order valence-electron chi connectivity index (χ1n) is 7.91. The van der Waals surface area contributed by atoms with Gasteiger partial charge >= 0.3 is 0 Å². The van der Waals surface area contributed by atoms with Crippen LogP contribution in [0.25, 0.3) is 0 Å². The third-order valence-corrected chi connectivity index (χ3v) is 5.67. The Balaban J connectivity index is 1.55. The third-order valence-electron chi connectivity index (χ3n) is 4.19. The van der Waals surface area contributed by atoms with Crippen LogP contribution in [0.1, 0.15) is 22.0 Å². The van der Waals surface area contributed by atoms with Gasteiger partial charge in [0.2, 0.25) is 0 Å². The van der Waals surface area contributed by atoms with Gasteiger partial charge in [-0.2, -0.15) is 0 Å². The molecular formula is C18H15Cl2N3OS. The standard InChI is InChI=1S/C18H15Cl2N3OS/c19-13-3-1-11(2-4-13)17(24)21-15-8-12(7-14(20)9-15)16-10-23-5-6-25-18(23)22-16/h1-4,7-9,16H,5-6,10H2,(H,21,24). The van der Waals surface area contributed by atoms with Gasteiger partial charge in [-0.25, -0.2) is 0 Å². The highest BCUT2D eigenvalue weighted by atomic mass is 35.5. The monoisotopic (exact) mass is 391 g/mol. The number of carbonyl (C=O) groups excluding carboxylic acids is 1. The lowest BCUT2D eigenvalue weighted by Gasteiger charge is -2.14. The van der Waals surface area contributed by atoms with E-state index in [0.29, 0.717) is 21.3 Å². The minimum absolute atomic E-state index is 0.0627. The molecule has 0 saturated carbocycles. The number of hydrogen-bond donors (Lipinski definition) is 1. The van der Waals surface area contributed by atoms with E-state index in [-0.39, 0.29) is 11.9 Å². The molecule has 2 aliphatic heterocycles. The Kier molecular flexibility index (Phi) is 4.63. The van der Waals surface area contributed by atoms with Gasteiger partial charge < -0.3 is 10.2 Å². The zero-order valence-corrected chi connectivity index (χ0v) is 15.5. The van der Waals surface area contributed by atoms with Crippen LogP contribution in [0.2, 0.25) is 10.0 Å². The molecular weight excluding hydrogens is 377 g/mol. The number of nitrogens with one attached hydrogen (secondary N) is 1. The van der Waals surface area contributed by atoms with Gasteiger partial charge in [0.05, 0.1) is 6.04 Å². The molecule has 1 amide bonds. The van der Waals surface area contributed by atoms with Crippen LogP contribution in [-0.4, -0.2) is 34.8 Å². The number of nitrogens with zero attached hydrogens (tertiary/aromatic N) is 2. The summed E-state index contributed by atoms with van der Waals surface area (Å²) >= 11 is 13.9. The van der Waals surface area contributed by atoms with Crippen LogP contribution < -0.4 is 5.32 Å². The lowest BCUT2D eigenvalue weighted by atomic mass is 10.1. The van der Waals surface area contributed by atoms with E-state index in [4.69, 9.17) is 28.2 Å². The second-order valence-electron chi connectivity index (χ2n) is 5.96. The molecule has 4 nitrogen and oxygen atoms in total. The third kappa shape index (κ3) is 3.64. The lowest BCUT2D eigenvalue weighted by molar-refractivity contribution is 0.102. The van der Waals surface area contributed by atoms with Gasteiger partial charge in [0.15, 0.2) is 5.17 Å². The molecule has 2 aliphatic rings. The van der Waals surface area contributed by atoms with Crippen molar-refractivity contribution in [3.8, 4) is 0 Å². The molecule has 0 spiro atoms. The molecule has 25 heavy (non-hydrogen) atoms. The summed E-state index contributed by atoms with van der Waals surface area (Å²) in [5.74, 6) is 0.905. The summed E-state index contributed by atoms with van der Waals surface area (Å²) in [5.41, 5.74) is 2.23. The Bertz CT molecular complexity index is 854. The molecule has 0 bridgehead atoms. The van der Waals surface area contributed by atoms with Crippen LogP contribution in [0.3, 0.4) is 0 Å². The molecule has 0 aromatic heterocycles. The van der Waals surface area contributed by atoms with Crippen molar-refractivity contribution in [2.45, 2.75) is 6.04 Å². The smallest absolute Gasteiger partial charge is 0.255 e. The Morgan fingerprint density at radius 3 is 2.72 bits per heavy atom. The maximum Gasteiger partial charge on any atom is 0.255 e. The summed E-state index contributed by atoms with van der Waals surface area (Å²) in [6.07, 6.45) is 0. The zero-order chi connectivity index (χ0) is 17.4. The van der Waals surface area contributed by atoms with Gasteiger partial charge in [-0.3, -0.25) is 9.79 Å². The van der Waals surface area contributed by atoms with Gasteiger partial charge in [-0.15, -0.1) is 0 Å². The molecule has 128 valence electrons. The number of anilines is 1. The first-order chi connectivity index (χ1) is 12.1. The zero-order valence-electron chi connectivity index (χ0n) is 13.2. The molecule has 0 aliphatic carbocycles. The number of benzene rings is 2. The highest BCUT2D eigenvalue weighted by Gasteiger charge is 2.30. The molecule has 1 unspecified atom stereocenters. The van der Waals surface area contributed by atoms with Crippen LogP contribution in [0.5, 0.6) is 0 Å². The van der Waals surface area contributed by atoms with Crippen molar-refractivity contribution in [1.82, 2.24) is 4.90 Å². The van der Waals surface area contributed by atoms with E-state index in [1.165, 1.54) is 0 Å².